The predicted octanol–water partition coefficient (Wildman–Crippen LogP) is 3.63. The van der Waals surface area contributed by atoms with Crippen LogP contribution in [0, 0.1) is 5.41 Å². The van der Waals surface area contributed by atoms with E-state index >= 15 is 0 Å². The van der Waals surface area contributed by atoms with E-state index in [9.17, 15) is 13.2 Å². The highest BCUT2D eigenvalue weighted by Gasteiger charge is 2.38. The zero-order chi connectivity index (χ0) is 24.8. The van der Waals surface area contributed by atoms with Gasteiger partial charge in [0.1, 0.15) is 0 Å². The standard InChI is InChI=1S/C20H30N6.C2HF3O2/c1-20(2)9-7-16(8-10-20)17-13-15(5-6-18(17)21)14-19-22-24-26(23-19)12-11-25(3)4;3-2(4,5)1(6)7/h5-7,13H,8-12,14,21H2,1-4H3;(H,6,7). The summed E-state index contributed by atoms with van der Waals surface area (Å²) in [6.07, 6.45) is 1.33. The molecule has 1 aliphatic carbocycles. The number of hydrogen-bond acceptors (Lipinski definition) is 6. The Morgan fingerprint density at radius 2 is 1.97 bits per heavy atom. The average molecular weight is 469 g/mol. The van der Waals surface area contributed by atoms with E-state index in [4.69, 9.17) is 15.6 Å². The van der Waals surface area contributed by atoms with E-state index in [0.29, 0.717) is 11.8 Å². The van der Waals surface area contributed by atoms with Gasteiger partial charge in [0.2, 0.25) is 0 Å². The van der Waals surface area contributed by atoms with Crippen LogP contribution in [0.5, 0.6) is 0 Å². The number of carbonyl (C=O) groups is 1. The smallest absolute Gasteiger partial charge is 0.475 e. The highest BCUT2D eigenvalue weighted by Crippen LogP contribution is 2.39. The van der Waals surface area contributed by atoms with Crippen molar-refractivity contribution in [1.82, 2.24) is 25.1 Å². The molecule has 0 saturated carbocycles. The highest BCUT2D eigenvalue weighted by atomic mass is 19.4. The second-order valence-corrected chi connectivity index (χ2v) is 9.10. The third-order valence-electron chi connectivity index (χ3n) is 5.28. The molecule has 1 heterocycles. The van der Waals surface area contributed by atoms with Crippen LogP contribution in [0.3, 0.4) is 0 Å². The molecule has 0 fully saturated rings. The minimum absolute atomic E-state index is 0.394. The topological polar surface area (TPSA) is 110 Å². The lowest BCUT2D eigenvalue weighted by molar-refractivity contribution is -0.192. The van der Waals surface area contributed by atoms with Crippen molar-refractivity contribution in [3.8, 4) is 0 Å². The Hall–Kier alpha value is -2.95. The molecular weight excluding hydrogens is 437 g/mol. The van der Waals surface area contributed by atoms with E-state index in [1.165, 1.54) is 17.6 Å². The molecule has 8 nitrogen and oxygen atoms in total. The molecule has 33 heavy (non-hydrogen) atoms. The number of tetrazole rings is 1. The van der Waals surface area contributed by atoms with Crippen molar-refractivity contribution in [2.24, 2.45) is 5.41 Å². The van der Waals surface area contributed by atoms with Gasteiger partial charge in [-0.1, -0.05) is 26.0 Å². The molecule has 0 atom stereocenters. The Bertz CT molecular complexity index is 983. The Labute approximate surface area is 191 Å². The number of aromatic nitrogens is 4. The van der Waals surface area contributed by atoms with Crippen molar-refractivity contribution in [1.29, 1.82) is 0 Å². The molecule has 3 rings (SSSR count). The number of anilines is 1. The van der Waals surface area contributed by atoms with E-state index in [1.54, 1.807) is 4.80 Å². The van der Waals surface area contributed by atoms with Gasteiger partial charge < -0.3 is 15.7 Å². The number of alkyl halides is 3. The molecule has 2 aromatic rings. The molecule has 1 aromatic carbocycles. The summed E-state index contributed by atoms with van der Waals surface area (Å²) in [5.74, 6) is -2.01. The summed E-state index contributed by atoms with van der Waals surface area (Å²) in [5.41, 5.74) is 11.2. The summed E-state index contributed by atoms with van der Waals surface area (Å²) in [6.45, 7) is 6.29. The van der Waals surface area contributed by atoms with E-state index in [-0.39, 0.29) is 0 Å². The molecule has 0 radical (unpaired) electrons. The first kappa shape index (κ1) is 26.3. The van der Waals surface area contributed by atoms with Gasteiger partial charge in [0.05, 0.1) is 6.54 Å². The maximum Gasteiger partial charge on any atom is 0.490 e. The first-order valence-corrected chi connectivity index (χ1v) is 10.6. The summed E-state index contributed by atoms with van der Waals surface area (Å²) in [4.78, 5) is 12.7. The lowest BCUT2D eigenvalue weighted by Crippen LogP contribution is -2.21. The molecule has 0 bridgehead atoms. The van der Waals surface area contributed by atoms with Gasteiger partial charge in [-0.15, -0.1) is 10.2 Å². The van der Waals surface area contributed by atoms with E-state index in [0.717, 1.165) is 43.0 Å². The van der Waals surface area contributed by atoms with Gasteiger partial charge in [0, 0.05) is 24.2 Å². The van der Waals surface area contributed by atoms with Crippen LogP contribution >= 0.6 is 0 Å². The summed E-state index contributed by atoms with van der Waals surface area (Å²) < 4.78 is 31.7. The van der Waals surface area contributed by atoms with E-state index < -0.39 is 12.1 Å². The Morgan fingerprint density at radius 1 is 1.30 bits per heavy atom. The lowest BCUT2D eigenvalue weighted by Gasteiger charge is -2.29. The van der Waals surface area contributed by atoms with Crippen molar-refractivity contribution in [2.75, 3.05) is 26.4 Å². The number of nitrogen functional groups attached to an aromatic ring is 1. The average Bonchev–Trinajstić information content (AvgIpc) is 3.15. The van der Waals surface area contributed by atoms with E-state index in [2.05, 4.69) is 52.4 Å². The molecule has 182 valence electrons. The minimum Gasteiger partial charge on any atom is -0.475 e. The summed E-state index contributed by atoms with van der Waals surface area (Å²) in [5, 5.41) is 19.9. The maximum atomic E-state index is 10.6. The maximum absolute atomic E-state index is 10.6. The zero-order valence-corrected chi connectivity index (χ0v) is 19.4. The van der Waals surface area contributed by atoms with Gasteiger partial charge in [-0.25, -0.2) is 4.79 Å². The number of allylic oxidation sites excluding steroid dienone is 2. The third-order valence-corrected chi connectivity index (χ3v) is 5.28. The number of carboxylic acids is 1. The first-order valence-electron chi connectivity index (χ1n) is 10.6. The van der Waals surface area contributed by atoms with Crippen LogP contribution in [0.2, 0.25) is 0 Å². The van der Waals surface area contributed by atoms with Crippen LogP contribution in [0.15, 0.2) is 24.3 Å². The lowest BCUT2D eigenvalue weighted by atomic mass is 9.76. The van der Waals surface area contributed by atoms with Crippen LogP contribution in [0.1, 0.15) is 50.1 Å². The normalized spacial score (nSPS) is 15.6. The zero-order valence-electron chi connectivity index (χ0n) is 19.4. The molecule has 1 aromatic heterocycles. The molecule has 0 amide bonds. The second-order valence-electron chi connectivity index (χ2n) is 9.10. The molecule has 0 saturated heterocycles. The van der Waals surface area contributed by atoms with Crippen LogP contribution in [0.4, 0.5) is 18.9 Å². The molecule has 1 aliphatic rings. The number of nitrogens with zero attached hydrogens (tertiary/aromatic N) is 5. The quantitative estimate of drug-likeness (QED) is 0.623. The fraction of sp³-hybridized carbons (Fsp3) is 0.545. The third kappa shape index (κ3) is 8.49. The monoisotopic (exact) mass is 468 g/mol. The minimum atomic E-state index is -5.08. The molecule has 11 heteroatoms. The summed E-state index contributed by atoms with van der Waals surface area (Å²) in [6, 6.07) is 6.26. The Morgan fingerprint density at radius 3 is 2.52 bits per heavy atom. The molecule has 0 spiro atoms. The second kappa shape index (κ2) is 10.8. The van der Waals surface area contributed by atoms with E-state index in [1.807, 2.05) is 20.2 Å². The highest BCUT2D eigenvalue weighted by molar-refractivity contribution is 5.76. The number of carboxylic acid groups (broad SMARTS) is 1. The van der Waals surface area contributed by atoms with Gasteiger partial charge in [0.15, 0.2) is 5.82 Å². The SMILES string of the molecule is CN(C)CCn1nnc(Cc2ccc(N)c(C3=CCC(C)(C)CC3)c2)n1.O=C(O)C(F)(F)F. The fourth-order valence-corrected chi connectivity index (χ4v) is 3.23. The first-order chi connectivity index (χ1) is 15.3. The van der Waals surface area contributed by atoms with Crippen LogP contribution < -0.4 is 5.73 Å². The number of likely N-dealkylation sites (N-methyl/N-ethyl adjacent to an activating group) is 1. The number of hydrogen-bond donors (Lipinski definition) is 2. The van der Waals surface area contributed by atoms with Crippen molar-refractivity contribution in [3.05, 3.63) is 41.2 Å². The molecule has 0 aliphatic heterocycles. The van der Waals surface area contributed by atoms with Crippen LogP contribution in [-0.4, -0.2) is 63.0 Å². The predicted molar refractivity (Wildman–Crippen MR) is 119 cm³/mol. The summed E-state index contributed by atoms with van der Waals surface area (Å²) >= 11 is 0. The van der Waals surface area contributed by atoms with Crippen molar-refractivity contribution in [3.63, 3.8) is 0 Å². The van der Waals surface area contributed by atoms with Gasteiger partial charge in [0.25, 0.3) is 0 Å². The van der Waals surface area contributed by atoms with Crippen molar-refractivity contribution in [2.45, 2.75) is 52.3 Å². The fourth-order valence-electron chi connectivity index (χ4n) is 3.23. The van der Waals surface area contributed by atoms with Crippen molar-refractivity contribution < 1.29 is 23.1 Å². The molecule has 0 unspecified atom stereocenters. The van der Waals surface area contributed by atoms with Gasteiger partial charge in [-0.3, -0.25) is 0 Å². The van der Waals surface area contributed by atoms with Gasteiger partial charge in [-0.05, 0) is 67.3 Å². The number of halogens is 3. The van der Waals surface area contributed by atoms with Gasteiger partial charge >= 0.3 is 12.1 Å². The molecule has 3 N–H and O–H groups in total. The summed E-state index contributed by atoms with van der Waals surface area (Å²) in [7, 11) is 4.07. The van der Waals surface area contributed by atoms with Gasteiger partial charge in [-0.2, -0.15) is 18.0 Å². The number of nitrogens with two attached hydrogens (primary N) is 1. The Balaban J connectivity index is 0.000000479. The van der Waals surface area contributed by atoms with Crippen molar-refractivity contribution >= 4 is 17.2 Å². The van der Waals surface area contributed by atoms with Crippen LogP contribution in [0.25, 0.3) is 5.57 Å². The van der Waals surface area contributed by atoms with Crippen LogP contribution in [-0.2, 0) is 17.8 Å². The number of rotatable bonds is 6. The largest absolute Gasteiger partial charge is 0.490 e. The Kier molecular flexibility index (Phi) is 8.59. The molecular formula is C22H31F3N6O2. The number of benzene rings is 1. The number of aliphatic carboxylic acids is 1.